The fourth-order valence-electron chi connectivity index (χ4n) is 3.77. The monoisotopic (exact) mass is 431 g/mol. The summed E-state index contributed by atoms with van der Waals surface area (Å²) in [5.74, 6) is 0.308. The molecule has 3 rings (SSSR count). The van der Waals surface area contributed by atoms with Crippen molar-refractivity contribution >= 4 is 23.4 Å². The highest BCUT2D eigenvalue weighted by atomic mass is 35.5. The number of H-pyrrole nitrogens is 1. The lowest BCUT2D eigenvalue weighted by molar-refractivity contribution is -0.123. The molecule has 30 heavy (non-hydrogen) atoms. The minimum Gasteiger partial charge on any atom is -0.356 e. The van der Waals surface area contributed by atoms with E-state index in [9.17, 15) is 9.59 Å². The third-order valence-electron chi connectivity index (χ3n) is 5.46. The molecule has 0 aliphatic carbocycles. The molecule has 1 fully saturated rings. The first kappa shape index (κ1) is 22.3. The summed E-state index contributed by atoms with van der Waals surface area (Å²) in [6, 6.07) is 10.2. The van der Waals surface area contributed by atoms with E-state index < -0.39 is 0 Å². The molecule has 2 heterocycles. The summed E-state index contributed by atoms with van der Waals surface area (Å²) in [5.41, 5.74) is 2.76. The van der Waals surface area contributed by atoms with E-state index in [0.29, 0.717) is 37.6 Å². The van der Waals surface area contributed by atoms with Gasteiger partial charge in [0.1, 0.15) is 0 Å². The van der Waals surface area contributed by atoms with Crippen molar-refractivity contribution in [2.75, 3.05) is 26.2 Å². The average Bonchev–Trinajstić information content (AvgIpc) is 3.05. The number of nitrogens with one attached hydrogen (secondary N) is 3. The van der Waals surface area contributed by atoms with Crippen molar-refractivity contribution in [1.82, 2.24) is 25.7 Å². The van der Waals surface area contributed by atoms with Crippen LogP contribution >= 0.6 is 11.6 Å². The highest BCUT2D eigenvalue weighted by Gasteiger charge is 2.18. The number of aromatic nitrogens is 2. The van der Waals surface area contributed by atoms with Crippen LogP contribution in [0.1, 0.15) is 48.6 Å². The van der Waals surface area contributed by atoms with Gasteiger partial charge in [0.05, 0.1) is 23.0 Å². The first-order chi connectivity index (χ1) is 14.5. The summed E-state index contributed by atoms with van der Waals surface area (Å²) >= 11 is 6.30. The van der Waals surface area contributed by atoms with E-state index in [1.54, 1.807) is 0 Å². The Morgan fingerprint density at radius 2 is 1.87 bits per heavy atom. The fourth-order valence-corrected chi connectivity index (χ4v) is 3.91. The molecule has 3 N–H and O–H groups in total. The summed E-state index contributed by atoms with van der Waals surface area (Å²) in [5, 5.41) is 13.8. The second-order valence-electron chi connectivity index (χ2n) is 7.81. The van der Waals surface area contributed by atoms with Crippen LogP contribution in [0.4, 0.5) is 0 Å². The standard InChI is InChI=1S/C22H30ClN5O2/c1-16-22(23)19(27-26-16)14-28-13-5-11-24-20(29)9-8-18(10-12-25-21(30)15-28)17-6-3-2-4-7-17/h2-4,6-7,18H,5,8-15H2,1H3,(H,24,29)(H,25,30)(H,26,27). The van der Waals surface area contributed by atoms with Gasteiger partial charge in [-0.2, -0.15) is 5.10 Å². The molecule has 1 atom stereocenters. The molecule has 0 saturated carbocycles. The minimum absolute atomic E-state index is 0.00807. The van der Waals surface area contributed by atoms with E-state index in [-0.39, 0.29) is 24.3 Å². The second kappa shape index (κ2) is 11.1. The lowest BCUT2D eigenvalue weighted by atomic mass is 9.91. The maximum absolute atomic E-state index is 12.6. The van der Waals surface area contributed by atoms with Gasteiger partial charge in [-0.1, -0.05) is 41.9 Å². The molecular weight excluding hydrogens is 402 g/mol. The molecule has 1 aliphatic heterocycles. The SMILES string of the molecule is Cc1[nH]nc(CN2CCCNC(=O)CCC(c3ccccc3)CCNC(=O)C2)c1Cl. The van der Waals surface area contributed by atoms with Crippen molar-refractivity contribution in [1.29, 1.82) is 0 Å². The van der Waals surface area contributed by atoms with Crippen molar-refractivity contribution in [3.63, 3.8) is 0 Å². The third kappa shape index (κ3) is 6.57. The Labute approximate surface area is 182 Å². The van der Waals surface area contributed by atoms with Gasteiger partial charge in [0, 0.05) is 32.6 Å². The van der Waals surface area contributed by atoms with Gasteiger partial charge < -0.3 is 10.6 Å². The maximum atomic E-state index is 12.6. The van der Waals surface area contributed by atoms with E-state index in [4.69, 9.17) is 11.6 Å². The lowest BCUT2D eigenvalue weighted by Gasteiger charge is -2.23. The van der Waals surface area contributed by atoms with Crippen molar-refractivity contribution in [2.45, 2.75) is 45.1 Å². The summed E-state index contributed by atoms with van der Waals surface area (Å²) < 4.78 is 0. The third-order valence-corrected chi connectivity index (χ3v) is 5.96. The van der Waals surface area contributed by atoms with E-state index in [0.717, 1.165) is 30.7 Å². The largest absolute Gasteiger partial charge is 0.356 e. The number of aromatic amines is 1. The molecule has 1 saturated heterocycles. The van der Waals surface area contributed by atoms with Gasteiger partial charge in [0.2, 0.25) is 11.8 Å². The first-order valence-electron chi connectivity index (χ1n) is 10.5. The van der Waals surface area contributed by atoms with Crippen LogP contribution in [-0.4, -0.2) is 53.1 Å². The molecule has 0 radical (unpaired) electrons. The number of carbonyl (C=O) groups excluding carboxylic acids is 2. The lowest BCUT2D eigenvalue weighted by Crippen LogP contribution is -2.39. The molecule has 2 amide bonds. The molecule has 1 aromatic heterocycles. The molecule has 0 spiro atoms. The van der Waals surface area contributed by atoms with E-state index in [1.165, 1.54) is 5.56 Å². The number of aryl methyl sites for hydroxylation is 1. The molecule has 1 aliphatic rings. The van der Waals surface area contributed by atoms with Crippen LogP contribution in [0.15, 0.2) is 30.3 Å². The fraction of sp³-hybridized carbons (Fsp3) is 0.500. The van der Waals surface area contributed by atoms with Crippen molar-refractivity contribution in [3.05, 3.63) is 52.3 Å². The first-order valence-corrected chi connectivity index (χ1v) is 10.9. The zero-order valence-electron chi connectivity index (χ0n) is 17.4. The van der Waals surface area contributed by atoms with E-state index in [1.807, 2.05) is 30.0 Å². The highest BCUT2D eigenvalue weighted by molar-refractivity contribution is 6.31. The van der Waals surface area contributed by atoms with Crippen LogP contribution in [0.5, 0.6) is 0 Å². The number of amides is 2. The predicted molar refractivity (Wildman–Crippen MR) is 117 cm³/mol. The van der Waals surface area contributed by atoms with Crippen LogP contribution < -0.4 is 10.6 Å². The Morgan fingerprint density at radius 1 is 1.10 bits per heavy atom. The molecule has 2 aromatic rings. The summed E-state index contributed by atoms with van der Waals surface area (Å²) in [6.07, 6.45) is 2.81. The molecular formula is C22H30ClN5O2. The summed E-state index contributed by atoms with van der Waals surface area (Å²) in [4.78, 5) is 26.8. The van der Waals surface area contributed by atoms with Crippen molar-refractivity contribution in [2.24, 2.45) is 0 Å². The zero-order chi connectivity index (χ0) is 21.3. The van der Waals surface area contributed by atoms with Gasteiger partial charge in [-0.3, -0.25) is 19.6 Å². The second-order valence-corrected chi connectivity index (χ2v) is 8.19. The molecule has 162 valence electrons. The summed E-state index contributed by atoms with van der Waals surface area (Å²) in [7, 11) is 0. The van der Waals surface area contributed by atoms with Crippen molar-refractivity contribution < 1.29 is 9.59 Å². The van der Waals surface area contributed by atoms with Crippen LogP contribution in [0, 0.1) is 6.92 Å². The number of nitrogens with zero attached hydrogens (tertiary/aromatic N) is 2. The van der Waals surface area contributed by atoms with Gasteiger partial charge in [0.25, 0.3) is 0 Å². The average molecular weight is 432 g/mol. The Bertz CT molecular complexity index is 839. The van der Waals surface area contributed by atoms with Crippen molar-refractivity contribution in [3.8, 4) is 0 Å². The normalized spacial score (nSPS) is 20.3. The quantitative estimate of drug-likeness (QED) is 0.697. The molecule has 0 bridgehead atoms. The van der Waals surface area contributed by atoms with Crippen LogP contribution in [0.2, 0.25) is 5.02 Å². The van der Waals surface area contributed by atoms with Gasteiger partial charge in [-0.15, -0.1) is 0 Å². The van der Waals surface area contributed by atoms with Gasteiger partial charge >= 0.3 is 0 Å². The number of rotatable bonds is 3. The zero-order valence-corrected chi connectivity index (χ0v) is 18.2. The minimum atomic E-state index is -0.00807. The smallest absolute Gasteiger partial charge is 0.234 e. The number of halogens is 1. The van der Waals surface area contributed by atoms with Crippen LogP contribution in [0.3, 0.4) is 0 Å². The topological polar surface area (TPSA) is 90.1 Å². The molecule has 1 aromatic carbocycles. The van der Waals surface area contributed by atoms with Gasteiger partial charge in [-0.05, 0) is 37.7 Å². The molecule has 1 unspecified atom stereocenters. The Morgan fingerprint density at radius 3 is 2.60 bits per heavy atom. The molecule has 8 heteroatoms. The van der Waals surface area contributed by atoms with Crippen LogP contribution in [-0.2, 0) is 16.1 Å². The van der Waals surface area contributed by atoms with E-state index in [2.05, 4.69) is 33.0 Å². The van der Waals surface area contributed by atoms with Crippen LogP contribution in [0.25, 0.3) is 0 Å². The Kier molecular flexibility index (Phi) is 8.28. The number of carbonyl (C=O) groups is 2. The number of hydrogen-bond acceptors (Lipinski definition) is 4. The van der Waals surface area contributed by atoms with Gasteiger partial charge in [-0.25, -0.2) is 0 Å². The predicted octanol–water partition coefficient (Wildman–Crippen LogP) is 2.76. The number of hydrogen-bond donors (Lipinski definition) is 3. The van der Waals surface area contributed by atoms with Gasteiger partial charge in [0.15, 0.2) is 0 Å². The Balaban J connectivity index is 1.65. The highest BCUT2D eigenvalue weighted by Crippen LogP contribution is 2.24. The summed E-state index contributed by atoms with van der Waals surface area (Å²) in [6.45, 7) is 4.45. The maximum Gasteiger partial charge on any atom is 0.234 e. The molecule has 7 nitrogen and oxygen atoms in total. The van der Waals surface area contributed by atoms with E-state index >= 15 is 0 Å². The number of benzene rings is 1. The Hall–Kier alpha value is -2.38.